The first-order chi connectivity index (χ1) is 15.0. The zero-order chi connectivity index (χ0) is 23.6. The summed E-state index contributed by atoms with van der Waals surface area (Å²) < 4.78 is 49.9. The summed E-state index contributed by atoms with van der Waals surface area (Å²) in [5, 5.41) is 8.72. The number of benzene rings is 1. The van der Waals surface area contributed by atoms with E-state index in [1.807, 2.05) is 6.92 Å². The molecule has 1 unspecified atom stereocenters. The summed E-state index contributed by atoms with van der Waals surface area (Å²) in [7, 11) is -4.03. The van der Waals surface area contributed by atoms with Crippen LogP contribution in [0.3, 0.4) is 0 Å². The Labute approximate surface area is 185 Å². The Morgan fingerprint density at radius 3 is 2.53 bits per heavy atom. The van der Waals surface area contributed by atoms with Crippen molar-refractivity contribution >= 4 is 16.1 Å². The molecule has 2 atom stereocenters. The van der Waals surface area contributed by atoms with Crippen molar-refractivity contribution in [3.63, 3.8) is 0 Å². The zero-order valence-electron chi connectivity index (χ0n) is 18.4. The molecule has 1 aromatic carbocycles. The van der Waals surface area contributed by atoms with E-state index in [4.69, 9.17) is 4.42 Å². The van der Waals surface area contributed by atoms with Crippen molar-refractivity contribution in [2.45, 2.75) is 58.5 Å². The van der Waals surface area contributed by atoms with E-state index in [1.54, 1.807) is 19.9 Å². The molecule has 1 aliphatic rings. The van der Waals surface area contributed by atoms with E-state index < -0.39 is 33.7 Å². The second-order valence-corrected chi connectivity index (χ2v) is 9.82. The highest BCUT2D eigenvalue weighted by Gasteiger charge is 2.36. The maximum Gasteiger partial charge on any atom is 0.434 e. The number of nitrogens with one attached hydrogen (secondary N) is 3. The van der Waals surface area contributed by atoms with Crippen LogP contribution in [0.25, 0.3) is 0 Å². The third-order valence-corrected chi connectivity index (χ3v) is 7.48. The molecule has 10 nitrogen and oxygen atoms in total. The van der Waals surface area contributed by atoms with Crippen molar-refractivity contribution in [2.75, 3.05) is 13.1 Å². The highest BCUT2D eigenvalue weighted by Crippen LogP contribution is 2.35. The van der Waals surface area contributed by atoms with Crippen LogP contribution in [0.5, 0.6) is 0 Å². The summed E-state index contributed by atoms with van der Waals surface area (Å²) in [4.78, 5) is 22.8. The Morgan fingerprint density at radius 2 is 1.97 bits per heavy atom. The van der Waals surface area contributed by atoms with Gasteiger partial charge in [-0.25, -0.2) is 14.3 Å². The minimum atomic E-state index is -4.03. The van der Waals surface area contributed by atoms with Gasteiger partial charge in [-0.2, -0.15) is 17.4 Å². The molecule has 3 rings (SSSR count). The van der Waals surface area contributed by atoms with Crippen LogP contribution in [0.1, 0.15) is 61.2 Å². The standard InChI is InChI=1S/C20H28FN5O5S/c1-11-5-6-16(21)17(12(11)2)13(3)18(19-23-24-20(28)31-19)25-32(29,30)26-9-7-15(8-10-26)22-14(4)27/h5-6,13,15,18,25H,7-10H2,1-4H3,(H,22,27)(H,24,28)/t13?,18-/m0/s1. The topological polar surface area (TPSA) is 137 Å². The molecule has 3 N–H and O–H groups in total. The van der Waals surface area contributed by atoms with Gasteiger partial charge in [0.1, 0.15) is 11.9 Å². The fraction of sp³-hybridized carbons (Fsp3) is 0.550. The monoisotopic (exact) mass is 469 g/mol. The second-order valence-electron chi connectivity index (χ2n) is 8.12. The van der Waals surface area contributed by atoms with Crippen molar-refractivity contribution in [2.24, 2.45) is 0 Å². The fourth-order valence-corrected chi connectivity index (χ4v) is 5.50. The number of aromatic amines is 1. The molecule has 1 fully saturated rings. The lowest BCUT2D eigenvalue weighted by molar-refractivity contribution is -0.119. The number of carbonyl (C=O) groups is 1. The van der Waals surface area contributed by atoms with Crippen molar-refractivity contribution in [1.82, 2.24) is 24.5 Å². The summed E-state index contributed by atoms with van der Waals surface area (Å²) >= 11 is 0. The minimum absolute atomic E-state index is 0.0953. The smallest absolute Gasteiger partial charge is 0.391 e. The first-order valence-corrected chi connectivity index (χ1v) is 11.8. The normalized spacial score (nSPS) is 17.8. The van der Waals surface area contributed by atoms with Gasteiger partial charge in [0.05, 0.1) is 0 Å². The highest BCUT2D eigenvalue weighted by molar-refractivity contribution is 7.87. The summed E-state index contributed by atoms with van der Waals surface area (Å²) in [5.41, 5.74) is 1.83. The van der Waals surface area contributed by atoms with Crippen LogP contribution in [-0.2, 0) is 15.0 Å². The number of piperidine rings is 1. The van der Waals surface area contributed by atoms with Gasteiger partial charge in [0.15, 0.2) is 0 Å². The molecule has 0 bridgehead atoms. The number of aromatic nitrogens is 2. The van der Waals surface area contributed by atoms with Crippen LogP contribution in [-0.4, -0.2) is 48.0 Å². The molecule has 0 saturated carbocycles. The van der Waals surface area contributed by atoms with Crippen LogP contribution >= 0.6 is 0 Å². The summed E-state index contributed by atoms with van der Waals surface area (Å²) in [6, 6.07) is 1.75. The first kappa shape index (κ1) is 24.1. The Morgan fingerprint density at radius 1 is 1.31 bits per heavy atom. The minimum Gasteiger partial charge on any atom is -0.391 e. The number of hydrogen-bond acceptors (Lipinski definition) is 6. The highest BCUT2D eigenvalue weighted by atomic mass is 32.2. The number of nitrogens with zero attached hydrogens (tertiary/aromatic N) is 2. The summed E-state index contributed by atoms with van der Waals surface area (Å²) in [6.45, 7) is 7.05. The lowest BCUT2D eigenvalue weighted by Gasteiger charge is -2.33. The van der Waals surface area contributed by atoms with E-state index >= 15 is 0 Å². The molecule has 1 aliphatic heterocycles. The molecule has 0 radical (unpaired) electrons. The van der Waals surface area contributed by atoms with Crippen LogP contribution in [0.15, 0.2) is 21.3 Å². The molecule has 1 amide bonds. The maximum atomic E-state index is 14.8. The summed E-state index contributed by atoms with van der Waals surface area (Å²) in [5.74, 6) is -2.40. The van der Waals surface area contributed by atoms with Gasteiger partial charge >= 0.3 is 5.76 Å². The Hall–Kier alpha value is -2.57. The lowest BCUT2D eigenvalue weighted by Crippen LogP contribution is -2.50. The van der Waals surface area contributed by atoms with E-state index in [0.717, 1.165) is 5.56 Å². The second kappa shape index (κ2) is 9.51. The molecular formula is C20H28FN5O5S. The van der Waals surface area contributed by atoms with Crippen LogP contribution < -0.4 is 15.8 Å². The number of halogens is 1. The van der Waals surface area contributed by atoms with E-state index in [-0.39, 0.29) is 30.9 Å². The van der Waals surface area contributed by atoms with E-state index in [0.29, 0.717) is 24.0 Å². The fourth-order valence-electron chi connectivity index (χ4n) is 4.03. The van der Waals surface area contributed by atoms with Gasteiger partial charge in [0.25, 0.3) is 10.2 Å². The van der Waals surface area contributed by atoms with Crippen LogP contribution in [0, 0.1) is 19.7 Å². The van der Waals surface area contributed by atoms with Gasteiger partial charge in [0, 0.05) is 32.0 Å². The third kappa shape index (κ3) is 5.25. The number of carbonyl (C=O) groups excluding carboxylic acids is 1. The number of aryl methyl sites for hydroxylation is 1. The number of amides is 1. The number of rotatable bonds is 7. The molecule has 1 aromatic heterocycles. The van der Waals surface area contributed by atoms with E-state index in [1.165, 1.54) is 17.3 Å². The Kier molecular flexibility index (Phi) is 7.16. The predicted octanol–water partition coefficient (Wildman–Crippen LogP) is 1.40. The molecule has 176 valence electrons. The molecular weight excluding hydrogens is 441 g/mol. The van der Waals surface area contributed by atoms with Crippen molar-refractivity contribution in [1.29, 1.82) is 0 Å². The number of hydrogen-bond donors (Lipinski definition) is 3. The molecule has 32 heavy (non-hydrogen) atoms. The van der Waals surface area contributed by atoms with Gasteiger partial charge < -0.3 is 9.73 Å². The van der Waals surface area contributed by atoms with Crippen LogP contribution in [0.2, 0.25) is 0 Å². The largest absolute Gasteiger partial charge is 0.434 e. The average Bonchev–Trinajstić information content (AvgIpc) is 3.15. The van der Waals surface area contributed by atoms with Gasteiger partial charge in [0.2, 0.25) is 11.8 Å². The van der Waals surface area contributed by atoms with E-state index in [2.05, 4.69) is 20.2 Å². The Balaban J connectivity index is 1.89. The number of H-pyrrole nitrogens is 1. The van der Waals surface area contributed by atoms with Gasteiger partial charge in [-0.15, -0.1) is 5.10 Å². The van der Waals surface area contributed by atoms with Crippen molar-refractivity contribution in [3.8, 4) is 0 Å². The van der Waals surface area contributed by atoms with Gasteiger partial charge in [-0.05, 0) is 49.4 Å². The Bertz CT molecular complexity index is 1140. The third-order valence-electron chi connectivity index (χ3n) is 5.89. The quantitative estimate of drug-likeness (QED) is 0.561. The lowest BCUT2D eigenvalue weighted by atomic mass is 9.88. The molecule has 0 aliphatic carbocycles. The van der Waals surface area contributed by atoms with Crippen LogP contribution in [0.4, 0.5) is 4.39 Å². The molecule has 12 heteroatoms. The SMILES string of the molecule is CC(=O)NC1CCN(S(=O)(=O)N[C@H](c2n[nH]c(=O)o2)C(C)c2c(F)ccc(C)c2C)CC1. The van der Waals surface area contributed by atoms with Crippen molar-refractivity contribution in [3.05, 3.63) is 51.1 Å². The zero-order valence-corrected chi connectivity index (χ0v) is 19.3. The molecule has 2 aromatic rings. The maximum absolute atomic E-state index is 14.8. The van der Waals surface area contributed by atoms with Crippen molar-refractivity contribution < 1.29 is 22.0 Å². The van der Waals surface area contributed by atoms with Gasteiger partial charge in [-0.3, -0.25) is 4.79 Å². The summed E-state index contributed by atoms with van der Waals surface area (Å²) in [6.07, 6.45) is 0.924. The first-order valence-electron chi connectivity index (χ1n) is 10.3. The molecule has 0 spiro atoms. The molecule has 1 saturated heterocycles. The average molecular weight is 470 g/mol. The predicted molar refractivity (Wildman–Crippen MR) is 115 cm³/mol. The van der Waals surface area contributed by atoms with Gasteiger partial charge in [-0.1, -0.05) is 13.0 Å². The molecule has 2 heterocycles. The van der Waals surface area contributed by atoms with E-state index in [9.17, 15) is 22.4 Å².